The van der Waals surface area contributed by atoms with Gasteiger partial charge in [-0.2, -0.15) is 0 Å². The van der Waals surface area contributed by atoms with Gasteiger partial charge in [-0.05, 0) is 26.7 Å². The molecule has 0 radical (unpaired) electrons. The van der Waals surface area contributed by atoms with Gasteiger partial charge in [0.15, 0.2) is 0 Å². The molecular weight excluding hydrogens is 228 g/mol. The molecule has 104 valence electrons. The first-order chi connectivity index (χ1) is 8.40. The minimum Gasteiger partial charge on any atom is -0.444 e. The molecule has 2 unspecified atom stereocenters. The Morgan fingerprint density at radius 1 is 1.28 bits per heavy atom. The van der Waals surface area contributed by atoms with Gasteiger partial charge in [-0.1, -0.05) is 13.8 Å². The molecule has 4 nitrogen and oxygen atoms in total. The number of amides is 1. The van der Waals surface area contributed by atoms with Crippen LogP contribution in [0.3, 0.4) is 0 Å². The van der Waals surface area contributed by atoms with Gasteiger partial charge in [0.05, 0.1) is 6.04 Å². The zero-order chi connectivity index (χ0) is 13.4. The minimum absolute atomic E-state index is 0.0266. The Morgan fingerprint density at radius 3 is 2.39 bits per heavy atom. The summed E-state index contributed by atoms with van der Waals surface area (Å²) in [6, 6.07) is 0.859. The number of likely N-dealkylation sites (tertiary alicyclic amines) is 1. The quantitative estimate of drug-likeness (QED) is 0.771. The number of carbonyl (C=O) groups is 1. The fraction of sp³-hybridized carbons (Fsp3) is 0.929. The van der Waals surface area contributed by atoms with Gasteiger partial charge in [0.2, 0.25) is 0 Å². The van der Waals surface area contributed by atoms with E-state index in [9.17, 15) is 4.79 Å². The van der Waals surface area contributed by atoms with Crippen LogP contribution in [0.5, 0.6) is 0 Å². The van der Waals surface area contributed by atoms with Crippen LogP contribution in [0.25, 0.3) is 0 Å². The molecule has 0 saturated carbocycles. The van der Waals surface area contributed by atoms with E-state index in [2.05, 4.69) is 32.6 Å². The largest absolute Gasteiger partial charge is 0.444 e. The second-order valence-electron chi connectivity index (χ2n) is 6.39. The Labute approximate surface area is 110 Å². The number of rotatable bonds is 4. The maximum Gasteiger partial charge on any atom is 0.410 e. The van der Waals surface area contributed by atoms with Gasteiger partial charge >= 0.3 is 6.09 Å². The highest BCUT2D eigenvalue weighted by molar-refractivity contribution is 5.70. The third kappa shape index (κ3) is 2.48. The minimum atomic E-state index is -0.121. The van der Waals surface area contributed by atoms with Crippen molar-refractivity contribution in [3.05, 3.63) is 0 Å². The van der Waals surface area contributed by atoms with Gasteiger partial charge in [0.25, 0.3) is 0 Å². The lowest BCUT2D eigenvalue weighted by Crippen LogP contribution is -2.55. The van der Waals surface area contributed by atoms with Gasteiger partial charge in [-0.3, -0.25) is 0 Å². The van der Waals surface area contributed by atoms with Crippen LogP contribution in [0.2, 0.25) is 0 Å². The summed E-state index contributed by atoms with van der Waals surface area (Å²) >= 11 is 0. The molecular formula is C14H26N2O2. The van der Waals surface area contributed by atoms with Crippen LogP contribution in [0.15, 0.2) is 0 Å². The van der Waals surface area contributed by atoms with Crippen LogP contribution in [0.1, 0.15) is 34.6 Å². The van der Waals surface area contributed by atoms with E-state index in [0.29, 0.717) is 17.9 Å². The van der Waals surface area contributed by atoms with E-state index in [1.807, 2.05) is 11.8 Å². The molecule has 0 aromatic carbocycles. The molecule has 2 heterocycles. The molecule has 2 rings (SSSR count). The molecule has 0 aromatic heterocycles. The van der Waals surface area contributed by atoms with Gasteiger partial charge < -0.3 is 14.5 Å². The first-order valence-electron chi connectivity index (χ1n) is 7.11. The van der Waals surface area contributed by atoms with Gasteiger partial charge in [0, 0.05) is 31.6 Å². The van der Waals surface area contributed by atoms with Crippen LogP contribution in [-0.2, 0) is 4.74 Å². The smallest absolute Gasteiger partial charge is 0.410 e. The number of ether oxygens (including phenoxy) is 1. The third-order valence-electron chi connectivity index (χ3n) is 4.22. The summed E-state index contributed by atoms with van der Waals surface area (Å²) in [7, 11) is 0. The van der Waals surface area contributed by atoms with Crippen molar-refractivity contribution in [2.75, 3.05) is 19.6 Å². The average molecular weight is 254 g/mol. The fourth-order valence-corrected chi connectivity index (χ4v) is 3.19. The summed E-state index contributed by atoms with van der Waals surface area (Å²) < 4.78 is 5.36. The number of nitrogens with zero attached hydrogens (tertiary/aromatic N) is 2. The van der Waals surface area contributed by atoms with Crippen molar-refractivity contribution in [3.8, 4) is 0 Å². The maximum atomic E-state index is 11.9. The van der Waals surface area contributed by atoms with Crippen LogP contribution >= 0.6 is 0 Å². The van der Waals surface area contributed by atoms with E-state index in [4.69, 9.17) is 4.74 Å². The zero-order valence-electron chi connectivity index (χ0n) is 12.2. The summed E-state index contributed by atoms with van der Waals surface area (Å²) in [6.45, 7) is 13.9. The predicted octanol–water partition coefficient (Wildman–Crippen LogP) is 2.19. The van der Waals surface area contributed by atoms with Gasteiger partial charge in [0.1, 0.15) is 6.10 Å². The van der Waals surface area contributed by atoms with Crippen molar-refractivity contribution in [3.63, 3.8) is 0 Å². The molecule has 2 aliphatic heterocycles. The van der Waals surface area contributed by atoms with Crippen molar-refractivity contribution < 1.29 is 9.53 Å². The van der Waals surface area contributed by atoms with Crippen molar-refractivity contribution in [1.29, 1.82) is 0 Å². The first kappa shape index (κ1) is 13.7. The maximum absolute atomic E-state index is 11.9. The lowest BCUT2D eigenvalue weighted by Gasteiger charge is -2.44. The summed E-state index contributed by atoms with van der Waals surface area (Å²) in [6.07, 6.45) is -0.0945. The summed E-state index contributed by atoms with van der Waals surface area (Å²) in [5.41, 5.74) is 0. The molecule has 2 fully saturated rings. The van der Waals surface area contributed by atoms with E-state index < -0.39 is 0 Å². The van der Waals surface area contributed by atoms with E-state index in [1.165, 1.54) is 0 Å². The third-order valence-corrected chi connectivity index (χ3v) is 4.22. The Balaban J connectivity index is 1.90. The monoisotopic (exact) mass is 254 g/mol. The highest BCUT2D eigenvalue weighted by Crippen LogP contribution is 2.28. The van der Waals surface area contributed by atoms with E-state index in [-0.39, 0.29) is 18.2 Å². The van der Waals surface area contributed by atoms with Crippen LogP contribution in [-0.4, -0.2) is 53.7 Å². The topological polar surface area (TPSA) is 32.8 Å². The van der Waals surface area contributed by atoms with Gasteiger partial charge in [-0.25, -0.2) is 4.79 Å². The zero-order valence-corrected chi connectivity index (χ0v) is 12.2. The fourth-order valence-electron chi connectivity index (χ4n) is 3.19. The Bertz CT molecular complexity index is 311. The molecule has 0 aliphatic carbocycles. The highest BCUT2D eigenvalue weighted by atomic mass is 16.6. The van der Waals surface area contributed by atoms with Crippen molar-refractivity contribution in [2.24, 2.45) is 11.8 Å². The molecule has 1 amide bonds. The van der Waals surface area contributed by atoms with E-state index in [1.54, 1.807) is 0 Å². The number of cyclic esters (lactones) is 1. The number of hydrogen-bond donors (Lipinski definition) is 0. The second kappa shape index (κ2) is 5.08. The van der Waals surface area contributed by atoms with Crippen molar-refractivity contribution in [1.82, 2.24) is 9.80 Å². The molecule has 4 heteroatoms. The molecule has 0 N–H and O–H groups in total. The van der Waals surface area contributed by atoms with Crippen LogP contribution < -0.4 is 0 Å². The van der Waals surface area contributed by atoms with Crippen LogP contribution in [0, 0.1) is 11.8 Å². The molecule has 2 saturated heterocycles. The van der Waals surface area contributed by atoms with E-state index in [0.717, 1.165) is 19.6 Å². The number of carbonyl (C=O) groups excluding carboxylic acids is 1. The average Bonchev–Trinajstić information content (AvgIpc) is 2.45. The van der Waals surface area contributed by atoms with Crippen molar-refractivity contribution in [2.45, 2.75) is 52.8 Å². The lowest BCUT2D eigenvalue weighted by molar-refractivity contribution is 0.0420. The molecule has 0 bridgehead atoms. The summed E-state index contributed by atoms with van der Waals surface area (Å²) in [5, 5.41) is 0. The van der Waals surface area contributed by atoms with E-state index >= 15 is 0 Å². The normalized spacial score (nSPS) is 30.2. The van der Waals surface area contributed by atoms with Crippen molar-refractivity contribution >= 4 is 6.09 Å². The molecule has 2 aliphatic rings. The first-order valence-corrected chi connectivity index (χ1v) is 7.11. The number of hydrogen-bond acceptors (Lipinski definition) is 3. The second-order valence-corrected chi connectivity index (χ2v) is 6.39. The van der Waals surface area contributed by atoms with Crippen LogP contribution in [0.4, 0.5) is 4.79 Å². The Hall–Kier alpha value is -0.770. The highest BCUT2D eigenvalue weighted by Gasteiger charge is 2.43. The lowest BCUT2D eigenvalue weighted by atomic mass is 9.94. The molecule has 2 atom stereocenters. The standard InChI is InChI=1S/C14H26N2O2/c1-9(2)13-11(5)18-14(17)16(13)8-12-6-15(7-12)10(3)4/h9-13H,6-8H2,1-5H3. The van der Waals surface area contributed by atoms with Gasteiger partial charge in [-0.15, -0.1) is 0 Å². The summed E-state index contributed by atoms with van der Waals surface area (Å²) in [4.78, 5) is 16.3. The molecule has 0 spiro atoms. The molecule has 18 heavy (non-hydrogen) atoms. The molecule has 0 aromatic rings. The Kier molecular flexibility index (Phi) is 3.85. The Morgan fingerprint density at radius 2 is 1.89 bits per heavy atom. The predicted molar refractivity (Wildman–Crippen MR) is 71.5 cm³/mol. The summed E-state index contributed by atoms with van der Waals surface area (Å²) in [5.74, 6) is 1.07. The SMILES string of the molecule is CC(C)C1C(C)OC(=O)N1CC1CN(C(C)C)C1.